The van der Waals surface area contributed by atoms with Gasteiger partial charge in [-0.3, -0.25) is 0 Å². The summed E-state index contributed by atoms with van der Waals surface area (Å²) in [7, 11) is 0. The van der Waals surface area contributed by atoms with E-state index in [0.717, 1.165) is 16.7 Å². The van der Waals surface area contributed by atoms with Crippen molar-refractivity contribution in [2.75, 3.05) is 11.4 Å². The fraction of sp³-hybridized carbons (Fsp3) is 0.417. The van der Waals surface area contributed by atoms with Crippen LogP contribution in [0.4, 0.5) is 5.69 Å². The second-order valence-corrected chi connectivity index (χ2v) is 4.89. The summed E-state index contributed by atoms with van der Waals surface area (Å²) in [6.07, 6.45) is 0. The summed E-state index contributed by atoms with van der Waals surface area (Å²) in [5.41, 5.74) is 7.35. The van der Waals surface area contributed by atoms with Gasteiger partial charge in [0.2, 0.25) is 0 Å². The number of nitrogens with two attached hydrogens (primary N) is 1. The Morgan fingerprint density at radius 2 is 2.18 bits per heavy atom. The molecular formula is C12H18BrN3O. The van der Waals surface area contributed by atoms with Crippen molar-refractivity contribution in [3.8, 4) is 0 Å². The third kappa shape index (κ3) is 3.12. The lowest BCUT2D eigenvalue weighted by Gasteiger charge is -2.28. The highest BCUT2D eigenvalue weighted by Crippen LogP contribution is 2.28. The van der Waals surface area contributed by atoms with Crippen LogP contribution in [-0.2, 0) is 0 Å². The summed E-state index contributed by atoms with van der Waals surface area (Å²) in [6, 6.07) is 6.10. The highest BCUT2D eigenvalue weighted by molar-refractivity contribution is 9.10. The van der Waals surface area contributed by atoms with Gasteiger partial charge >= 0.3 is 0 Å². The molecule has 1 aromatic carbocycles. The van der Waals surface area contributed by atoms with Gasteiger partial charge in [0.15, 0.2) is 5.84 Å². The first kappa shape index (κ1) is 13.8. The molecule has 17 heavy (non-hydrogen) atoms. The third-order valence-electron chi connectivity index (χ3n) is 2.62. The van der Waals surface area contributed by atoms with Crippen molar-refractivity contribution in [2.24, 2.45) is 10.9 Å². The van der Waals surface area contributed by atoms with Crippen molar-refractivity contribution in [1.29, 1.82) is 0 Å². The van der Waals surface area contributed by atoms with Gasteiger partial charge in [0.05, 0.1) is 5.69 Å². The highest BCUT2D eigenvalue weighted by Gasteiger charge is 2.12. The number of hydrogen-bond acceptors (Lipinski definition) is 3. The molecular weight excluding hydrogens is 282 g/mol. The van der Waals surface area contributed by atoms with Gasteiger partial charge in [-0.2, -0.15) is 0 Å². The predicted octanol–water partition coefficient (Wildman–Crippen LogP) is 2.78. The SMILES string of the molecule is CCN(c1ccc(/C(N)=N/O)cc1Br)C(C)C. The van der Waals surface area contributed by atoms with Gasteiger partial charge in [0.1, 0.15) is 0 Å². The van der Waals surface area contributed by atoms with Crippen LogP contribution in [0.15, 0.2) is 27.8 Å². The molecule has 0 atom stereocenters. The highest BCUT2D eigenvalue weighted by atomic mass is 79.9. The fourth-order valence-electron chi connectivity index (χ4n) is 1.77. The average Bonchev–Trinajstić information content (AvgIpc) is 2.30. The molecule has 1 aromatic rings. The van der Waals surface area contributed by atoms with Gasteiger partial charge in [-0.25, -0.2) is 0 Å². The van der Waals surface area contributed by atoms with Gasteiger partial charge in [0.25, 0.3) is 0 Å². The normalized spacial score (nSPS) is 11.9. The molecule has 0 aliphatic heterocycles. The first-order chi connectivity index (χ1) is 8.01. The predicted molar refractivity (Wildman–Crippen MR) is 74.8 cm³/mol. The van der Waals surface area contributed by atoms with E-state index in [1.54, 1.807) is 0 Å². The monoisotopic (exact) mass is 299 g/mol. The Bertz CT molecular complexity index is 418. The lowest BCUT2D eigenvalue weighted by molar-refractivity contribution is 0.318. The van der Waals surface area contributed by atoms with E-state index in [0.29, 0.717) is 11.6 Å². The van der Waals surface area contributed by atoms with Crippen LogP contribution in [0.25, 0.3) is 0 Å². The Hall–Kier alpha value is -1.23. The van der Waals surface area contributed by atoms with Crippen LogP contribution in [0.1, 0.15) is 26.3 Å². The molecule has 0 saturated carbocycles. The van der Waals surface area contributed by atoms with Gasteiger partial charge in [-0.1, -0.05) is 5.16 Å². The number of oxime groups is 1. The molecule has 5 heteroatoms. The molecule has 0 aliphatic carbocycles. The van der Waals surface area contributed by atoms with Crippen molar-refractivity contribution in [1.82, 2.24) is 0 Å². The maximum Gasteiger partial charge on any atom is 0.170 e. The Morgan fingerprint density at radius 3 is 2.59 bits per heavy atom. The number of amidine groups is 1. The minimum atomic E-state index is 0.116. The molecule has 4 nitrogen and oxygen atoms in total. The number of nitrogens with zero attached hydrogens (tertiary/aromatic N) is 2. The fourth-order valence-corrected chi connectivity index (χ4v) is 2.38. The summed E-state index contributed by atoms with van der Waals surface area (Å²) < 4.78 is 0.942. The van der Waals surface area contributed by atoms with E-state index >= 15 is 0 Å². The van der Waals surface area contributed by atoms with Crippen LogP contribution in [0, 0.1) is 0 Å². The summed E-state index contributed by atoms with van der Waals surface area (Å²) >= 11 is 3.52. The van der Waals surface area contributed by atoms with Crippen molar-refractivity contribution >= 4 is 27.5 Å². The number of halogens is 1. The molecule has 0 spiro atoms. The molecule has 0 saturated heterocycles. The number of anilines is 1. The van der Waals surface area contributed by atoms with E-state index in [2.05, 4.69) is 46.8 Å². The minimum absolute atomic E-state index is 0.116. The minimum Gasteiger partial charge on any atom is -0.409 e. The summed E-state index contributed by atoms with van der Waals surface area (Å²) in [6.45, 7) is 7.34. The van der Waals surface area contributed by atoms with Gasteiger partial charge < -0.3 is 15.8 Å². The van der Waals surface area contributed by atoms with Crippen LogP contribution >= 0.6 is 15.9 Å². The smallest absolute Gasteiger partial charge is 0.170 e. The van der Waals surface area contributed by atoms with E-state index in [4.69, 9.17) is 10.9 Å². The quantitative estimate of drug-likeness (QED) is 0.389. The lowest BCUT2D eigenvalue weighted by atomic mass is 10.1. The number of hydrogen-bond donors (Lipinski definition) is 2. The Balaban J connectivity index is 3.13. The second-order valence-electron chi connectivity index (χ2n) is 4.03. The maximum atomic E-state index is 8.63. The van der Waals surface area contributed by atoms with Crippen LogP contribution in [0.5, 0.6) is 0 Å². The van der Waals surface area contributed by atoms with Gasteiger partial charge in [0, 0.05) is 22.6 Å². The molecule has 3 N–H and O–H groups in total. The van der Waals surface area contributed by atoms with E-state index in [-0.39, 0.29) is 5.84 Å². The van der Waals surface area contributed by atoms with Gasteiger partial charge in [-0.15, -0.1) is 0 Å². The Morgan fingerprint density at radius 1 is 1.53 bits per heavy atom. The molecule has 0 heterocycles. The summed E-state index contributed by atoms with van der Waals surface area (Å²) in [5.74, 6) is 0.116. The summed E-state index contributed by atoms with van der Waals surface area (Å²) in [5, 5.41) is 11.6. The van der Waals surface area contributed by atoms with E-state index in [9.17, 15) is 0 Å². The molecule has 0 amide bonds. The second kappa shape index (κ2) is 5.91. The van der Waals surface area contributed by atoms with Crippen molar-refractivity contribution in [2.45, 2.75) is 26.8 Å². The zero-order valence-corrected chi connectivity index (χ0v) is 11.9. The third-order valence-corrected chi connectivity index (χ3v) is 3.26. The van der Waals surface area contributed by atoms with Gasteiger partial charge in [-0.05, 0) is 54.9 Å². The van der Waals surface area contributed by atoms with Crippen molar-refractivity contribution < 1.29 is 5.21 Å². The number of benzene rings is 1. The van der Waals surface area contributed by atoms with E-state index < -0.39 is 0 Å². The van der Waals surface area contributed by atoms with Crippen LogP contribution in [-0.4, -0.2) is 23.6 Å². The molecule has 0 bridgehead atoms. The first-order valence-corrected chi connectivity index (χ1v) is 6.34. The van der Waals surface area contributed by atoms with Crippen LogP contribution in [0.2, 0.25) is 0 Å². The van der Waals surface area contributed by atoms with E-state index in [1.807, 2.05) is 18.2 Å². The zero-order valence-electron chi connectivity index (χ0n) is 10.3. The Kier molecular flexibility index (Phi) is 4.81. The molecule has 0 aromatic heterocycles. The molecule has 1 rings (SSSR count). The molecule has 0 unspecified atom stereocenters. The molecule has 0 aliphatic rings. The number of rotatable bonds is 4. The topological polar surface area (TPSA) is 61.8 Å². The largest absolute Gasteiger partial charge is 0.409 e. The summed E-state index contributed by atoms with van der Waals surface area (Å²) in [4.78, 5) is 2.26. The van der Waals surface area contributed by atoms with Crippen LogP contribution < -0.4 is 10.6 Å². The van der Waals surface area contributed by atoms with E-state index in [1.165, 1.54) is 0 Å². The zero-order chi connectivity index (χ0) is 13.0. The van der Waals surface area contributed by atoms with Crippen LogP contribution in [0.3, 0.4) is 0 Å². The van der Waals surface area contributed by atoms with Crippen molar-refractivity contribution in [3.63, 3.8) is 0 Å². The average molecular weight is 300 g/mol. The standard InChI is InChI=1S/C12H18BrN3O/c1-4-16(8(2)3)11-6-5-9(7-10(11)13)12(14)15-17/h5-8,17H,4H2,1-3H3,(H2,14,15). The molecule has 0 fully saturated rings. The first-order valence-electron chi connectivity index (χ1n) is 5.55. The molecule has 0 radical (unpaired) electrons. The maximum absolute atomic E-state index is 8.63. The Labute approximate surface area is 110 Å². The molecule has 94 valence electrons. The van der Waals surface area contributed by atoms with Crippen molar-refractivity contribution in [3.05, 3.63) is 28.2 Å². The lowest BCUT2D eigenvalue weighted by Crippen LogP contribution is -2.30.